The van der Waals surface area contributed by atoms with Gasteiger partial charge in [0, 0.05) is 12.2 Å². The molecular weight excluding hydrogens is 238 g/mol. The van der Waals surface area contributed by atoms with E-state index in [-0.39, 0.29) is 29.2 Å². The Balaban J connectivity index is 2.13. The molecule has 0 bridgehead atoms. The summed E-state index contributed by atoms with van der Waals surface area (Å²) >= 11 is 0. The van der Waals surface area contributed by atoms with Crippen LogP contribution >= 0.6 is 0 Å². The van der Waals surface area contributed by atoms with Crippen molar-refractivity contribution in [1.29, 1.82) is 0 Å². The Hall–Kier alpha value is -1.90. The topological polar surface area (TPSA) is 37.4 Å². The maximum atomic E-state index is 12.0. The summed E-state index contributed by atoms with van der Waals surface area (Å²) in [5, 5.41) is 0. The first kappa shape index (κ1) is 12.2. The average molecular weight is 255 g/mol. The molecule has 0 aromatic heterocycles. The van der Waals surface area contributed by atoms with Gasteiger partial charge in [-0.1, -0.05) is 45.0 Å². The Kier molecular flexibility index (Phi) is 2.43. The highest BCUT2D eigenvalue weighted by atomic mass is 16.2. The minimum absolute atomic E-state index is 0.0373. The van der Waals surface area contributed by atoms with E-state index in [0.29, 0.717) is 0 Å². The number of imide groups is 1. The highest BCUT2D eigenvalue weighted by molar-refractivity contribution is 6.13. The Morgan fingerprint density at radius 2 is 1.63 bits per heavy atom. The highest BCUT2D eigenvalue weighted by Crippen LogP contribution is 2.51. The van der Waals surface area contributed by atoms with Crippen LogP contribution in [0.15, 0.2) is 36.4 Å². The number of nitrogens with zero attached hydrogens (tertiary/aromatic N) is 1. The molecule has 0 fully saturated rings. The van der Waals surface area contributed by atoms with Crippen molar-refractivity contribution in [2.24, 2.45) is 5.92 Å². The zero-order chi connectivity index (χ0) is 13.8. The van der Waals surface area contributed by atoms with Crippen LogP contribution in [0.2, 0.25) is 0 Å². The van der Waals surface area contributed by atoms with Crippen LogP contribution in [-0.4, -0.2) is 16.7 Å². The van der Waals surface area contributed by atoms with Crippen molar-refractivity contribution in [3.05, 3.63) is 47.5 Å². The molecule has 1 aromatic rings. The van der Waals surface area contributed by atoms with Gasteiger partial charge in [0.05, 0.1) is 6.04 Å². The number of hydrogen-bond acceptors (Lipinski definition) is 2. The molecule has 0 saturated carbocycles. The third-order valence-electron chi connectivity index (χ3n) is 4.71. The van der Waals surface area contributed by atoms with E-state index in [4.69, 9.17) is 0 Å². The van der Waals surface area contributed by atoms with Gasteiger partial charge in [0.25, 0.3) is 11.8 Å². The second-order valence-electron chi connectivity index (χ2n) is 5.92. The van der Waals surface area contributed by atoms with Crippen LogP contribution in [-0.2, 0) is 15.0 Å². The van der Waals surface area contributed by atoms with Crippen molar-refractivity contribution in [1.82, 2.24) is 4.90 Å². The van der Waals surface area contributed by atoms with E-state index in [0.717, 1.165) is 5.56 Å². The monoisotopic (exact) mass is 255 g/mol. The smallest absolute Gasteiger partial charge is 0.254 e. The number of amides is 2. The van der Waals surface area contributed by atoms with Gasteiger partial charge in [-0.05, 0) is 22.5 Å². The summed E-state index contributed by atoms with van der Waals surface area (Å²) in [6, 6.07) is 7.97. The first-order valence-electron chi connectivity index (χ1n) is 6.59. The van der Waals surface area contributed by atoms with Crippen LogP contribution < -0.4 is 0 Å². The highest BCUT2D eigenvalue weighted by Gasteiger charge is 2.48. The van der Waals surface area contributed by atoms with E-state index in [1.54, 1.807) is 0 Å². The number of carbonyl (C=O) groups is 2. The third kappa shape index (κ3) is 1.51. The first-order valence-corrected chi connectivity index (χ1v) is 6.59. The molecule has 19 heavy (non-hydrogen) atoms. The predicted molar refractivity (Wildman–Crippen MR) is 72.4 cm³/mol. The minimum atomic E-state index is -0.200. The maximum absolute atomic E-state index is 12.0. The zero-order valence-electron chi connectivity index (χ0n) is 11.4. The molecule has 0 unspecified atom stereocenters. The summed E-state index contributed by atoms with van der Waals surface area (Å²) in [7, 11) is 0. The van der Waals surface area contributed by atoms with E-state index in [1.807, 2.05) is 18.2 Å². The number of fused-ring (bicyclic) bond motifs is 1. The average Bonchev–Trinajstić information content (AvgIpc) is 2.79. The molecular formula is C16H17NO2. The van der Waals surface area contributed by atoms with Crippen molar-refractivity contribution in [3.8, 4) is 0 Å². The summed E-state index contributed by atoms with van der Waals surface area (Å²) in [5.74, 6) is -0.193. The van der Waals surface area contributed by atoms with Crippen molar-refractivity contribution in [3.63, 3.8) is 0 Å². The number of carbonyl (C=O) groups excluding carboxylic acids is 2. The van der Waals surface area contributed by atoms with Gasteiger partial charge in [0.15, 0.2) is 0 Å². The summed E-state index contributed by atoms with van der Waals surface area (Å²) in [6.07, 6.45) is 2.73. The van der Waals surface area contributed by atoms with Crippen molar-refractivity contribution >= 4 is 11.8 Å². The molecule has 0 radical (unpaired) electrons. The Bertz CT molecular complexity index is 583. The van der Waals surface area contributed by atoms with Gasteiger partial charge in [-0.2, -0.15) is 0 Å². The molecule has 2 amide bonds. The zero-order valence-corrected chi connectivity index (χ0v) is 11.4. The quantitative estimate of drug-likeness (QED) is 0.723. The van der Waals surface area contributed by atoms with E-state index in [1.165, 1.54) is 22.6 Å². The van der Waals surface area contributed by atoms with Crippen LogP contribution in [0, 0.1) is 5.92 Å². The Labute approximate surface area is 112 Å². The van der Waals surface area contributed by atoms with Crippen molar-refractivity contribution in [2.75, 3.05) is 0 Å². The molecule has 0 saturated heterocycles. The molecule has 2 aliphatic rings. The van der Waals surface area contributed by atoms with Crippen LogP contribution in [0.3, 0.4) is 0 Å². The van der Waals surface area contributed by atoms with Crippen LogP contribution in [0.25, 0.3) is 0 Å². The fraction of sp³-hybridized carbons (Fsp3) is 0.375. The molecule has 3 heteroatoms. The molecule has 1 heterocycles. The van der Waals surface area contributed by atoms with Gasteiger partial charge in [-0.3, -0.25) is 14.5 Å². The lowest BCUT2D eigenvalue weighted by Gasteiger charge is -2.32. The first-order chi connectivity index (χ1) is 8.94. The summed E-state index contributed by atoms with van der Waals surface area (Å²) < 4.78 is 0. The molecule has 98 valence electrons. The van der Waals surface area contributed by atoms with Gasteiger partial charge >= 0.3 is 0 Å². The third-order valence-corrected chi connectivity index (χ3v) is 4.71. The summed E-state index contributed by atoms with van der Waals surface area (Å²) in [4.78, 5) is 25.3. The van der Waals surface area contributed by atoms with Gasteiger partial charge in [-0.15, -0.1) is 0 Å². The lowest BCUT2D eigenvalue weighted by Crippen LogP contribution is -2.38. The van der Waals surface area contributed by atoms with Gasteiger partial charge in [-0.25, -0.2) is 0 Å². The summed E-state index contributed by atoms with van der Waals surface area (Å²) in [6.45, 7) is 6.47. The number of hydrogen-bond donors (Lipinski definition) is 0. The number of benzene rings is 1. The predicted octanol–water partition coefficient (Wildman–Crippen LogP) is 2.58. The molecule has 1 aliphatic heterocycles. The van der Waals surface area contributed by atoms with Crippen molar-refractivity contribution in [2.45, 2.75) is 32.2 Å². The molecule has 1 aromatic carbocycles. The SMILES string of the molecule is C[C@@H]1[C@H](N2C(=O)C=CC2=O)c2ccccc2C1(C)C. The molecule has 0 N–H and O–H groups in total. The van der Waals surface area contributed by atoms with Gasteiger partial charge in [0.1, 0.15) is 0 Å². The molecule has 1 aliphatic carbocycles. The lowest BCUT2D eigenvalue weighted by molar-refractivity contribution is -0.141. The van der Waals surface area contributed by atoms with Gasteiger partial charge in [0.2, 0.25) is 0 Å². The molecule has 0 spiro atoms. The summed E-state index contributed by atoms with van der Waals surface area (Å²) in [5.41, 5.74) is 2.30. The fourth-order valence-corrected chi connectivity index (χ4v) is 3.30. The van der Waals surface area contributed by atoms with E-state index < -0.39 is 0 Å². The standard InChI is InChI=1S/C16H17NO2/c1-10-15(17-13(18)8-9-14(17)19)11-6-4-5-7-12(11)16(10,2)3/h4-10,15H,1-3H3/t10-,15+/m1/s1. The van der Waals surface area contributed by atoms with Crippen LogP contribution in [0.1, 0.15) is 37.9 Å². The lowest BCUT2D eigenvalue weighted by atomic mass is 9.78. The Morgan fingerprint density at radius 3 is 2.26 bits per heavy atom. The second-order valence-corrected chi connectivity index (χ2v) is 5.92. The van der Waals surface area contributed by atoms with Crippen LogP contribution in [0.4, 0.5) is 0 Å². The van der Waals surface area contributed by atoms with Crippen molar-refractivity contribution < 1.29 is 9.59 Å². The number of rotatable bonds is 1. The largest absolute Gasteiger partial charge is 0.269 e. The normalized spacial score (nSPS) is 28.1. The second kappa shape index (κ2) is 3.80. The fourth-order valence-electron chi connectivity index (χ4n) is 3.30. The maximum Gasteiger partial charge on any atom is 0.254 e. The van der Waals surface area contributed by atoms with Crippen LogP contribution in [0.5, 0.6) is 0 Å². The van der Waals surface area contributed by atoms with E-state index in [2.05, 4.69) is 26.8 Å². The minimum Gasteiger partial charge on any atom is -0.269 e. The molecule has 3 rings (SSSR count). The Morgan fingerprint density at radius 1 is 1.05 bits per heavy atom. The molecule has 3 nitrogen and oxygen atoms in total. The van der Waals surface area contributed by atoms with Gasteiger partial charge < -0.3 is 0 Å². The van der Waals surface area contributed by atoms with E-state index in [9.17, 15) is 9.59 Å². The molecule has 2 atom stereocenters. The van der Waals surface area contributed by atoms with E-state index >= 15 is 0 Å².